The summed E-state index contributed by atoms with van der Waals surface area (Å²) in [6.07, 6.45) is 11.0. The number of aromatic nitrogens is 7. The maximum atomic E-state index is 5.00. The van der Waals surface area contributed by atoms with Crippen LogP contribution >= 0.6 is 11.3 Å². The average Bonchev–Trinajstić information content (AvgIpc) is 3.78. The van der Waals surface area contributed by atoms with E-state index in [1.807, 2.05) is 37.5 Å². The van der Waals surface area contributed by atoms with Crippen LogP contribution < -0.4 is 5.32 Å². The number of aromatic amines is 2. The lowest BCUT2D eigenvalue weighted by Crippen LogP contribution is -2.20. The molecule has 6 aromatic heterocycles. The molecule has 0 bridgehead atoms. The smallest absolute Gasteiger partial charge is 0.161 e. The van der Waals surface area contributed by atoms with Gasteiger partial charge in [0, 0.05) is 35.6 Å². The minimum absolute atomic E-state index is 0.653. The Morgan fingerprint density at radius 1 is 1.02 bits per heavy atom. The molecule has 1 aliphatic rings. The van der Waals surface area contributed by atoms with Crippen LogP contribution in [-0.2, 0) is 6.54 Å². The van der Waals surface area contributed by atoms with Crippen LogP contribution in [0, 0.1) is 5.92 Å². The van der Waals surface area contributed by atoms with E-state index in [1.165, 1.54) is 25.7 Å². The summed E-state index contributed by atoms with van der Waals surface area (Å²) in [4.78, 5) is 24.7. The fourth-order valence-electron chi connectivity index (χ4n) is 5.51. The van der Waals surface area contributed by atoms with Crippen LogP contribution in [0.1, 0.15) is 43.0 Å². The van der Waals surface area contributed by atoms with Crippen LogP contribution in [-0.4, -0.2) is 41.7 Å². The lowest BCUT2D eigenvalue weighted by atomic mass is 10.1. The first-order valence-electron chi connectivity index (χ1n) is 13.7. The zero-order valence-electron chi connectivity index (χ0n) is 22.4. The summed E-state index contributed by atoms with van der Waals surface area (Å²) < 4.78 is 0. The highest BCUT2D eigenvalue weighted by molar-refractivity contribution is 7.16. The molecule has 8 nitrogen and oxygen atoms in total. The van der Waals surface area contributed by atoms with E-state index >= 15 is 0 Å². The number of rotatable bonds is 8. The first-order chi connectivity index (χ1) is 19.6. The molecule has 0 aliphatic heterocycles. The molecule has 0 amide bonds. The second-order valence-electron chi connectivity index (χ2n) is 10.6. The van der Waals surface area contributed by atoms with Gasteiger partial charge >= 0.3 is 0 Å². The minimum atomic E-state index is 0.653. The predicted octanol–water partition coefficient (Wildman–Crippen LogP) is 7.00. The molecular formula is C31H30N8S. The molecule has 0 atom stereocenters. The molecule has 40 heavy (non-hydrogen) atoms. The van der Waals surface area contributed by atoms with Gasteiger partial charge in [0.15, 0.2) is 11.5 Å². The van der Waals surface area contributed by atoms with Crippen molar-refractivity contribution < 1.29 is 0 Å². The number of nitrogens with zero attached hydrogens (tertiary/aromatic N) is 5. The van der Waals surface area contributed by atoms with E-state index in [-0.39, 0.29) is 0 Å². The van der Waals surface area contributed by atoms with E-state index < -0.39 is 0 Å². The first kappa shape index (κ1) is 24.8. The van der Waals surface area contributed by atoms with Crippen molar-refractivity contribution in [2.24, 2.45) is 5.92 Å². The van der Waals surface area contributed by atoms with Gasteiger partial charge in [0.1, 0.15) is 16.7 Å². The highest BCUT2D eigenvalue weighted by Crippen LogP contribution is 2.35. The van der Waals surface area contributed by atoms with Gasteiger partial charge in [0.2, 0.25) is 0 Å². The first-order valence-corrected chi connectivity index (χ1v) is 14.6. The molecule has 0 radical (unpaired) electrons. The van der Waals surface area contributed by atoms with E-state index in [2.05, 4.69) is 55.2 Å². The Morgan fingerprint density at radius 2 is 1.90 bits per heavy atom. The molecule has 7 rings (SSSR count). The third kappa shape index (κ3) is 4.71. The second kappa shape index (κ2) is 10.4. The molecule has 1 fully saturated rings. The fourth-order valence-corrected chi connectivity index (χ4v) is 6.44. The van der Waals surface area contributed by atoms with Gasteiger partial charge in [0.25, 0.3) is 0 Å². The van der Waals surface area contributed by atoms with E-state index in [4.69, 9.17) is 9.97 Å². The quantitative estimate of drug-likeness (QED) is 0.190. The monoisotopic (exact) mass is 546 g/mol. The Bertz CT molecular complexity index is 1840. The predicted molar refractivity (Wildman–Crippen MR) is 162 cm³/mol. The summed E-state index contributed by atoms with van der Waals surface area (Å²) in [6, 6.07) is 12.3. The standard InChI is InChI=1S/C31H30N8S/c1-18(2)25-9-10-26(40-25)29-27-23(11-12-34-29)36-31(37-27)30-28-24(38-39-30)8-7-22(35-28)21-13-20(16-33-17-21)15-32-14-19-5-3-4-6-19/h7-13,16-17,19,32H,1,3-6,14-15H2,2H3,(H,36,37)(H,38,39). The molecule has 1 saturated carbocycles. The fraction of sp³-hybridized carbons (Fsp3) is 0.258. The van der Waals surface area contributed by atoms with Crippen molar-refractivity contribution in [2.45, 2.75) is 39.2 Å². The number of nitrogens with one attached hydrogen (secondary N) is 3. The molecule has 3 N–H and O–H groups in total. The topological polar surface area (TPSA) is 108 Å². The average molecular weight is 547 g/mol. The van der Waals surface area contributed by atoms with Crippen molar-refractivity contribution in [1.82, 2.24) is 40.4 Å². The largest absolute Gasteiger partial charge is 0.336 e. The van der Waals surface area contributed by atoms with Gasteiger partial charge in [-0.15, -0.1) is 11.3 Å². The number of hydrogen-bond acceptors (Lipinski definition) is 7. The van der Waals surface area contributed by atoms with Crippen LogP contribution in [0.15, 0.2) is 61.6 Å². The van der Waals surface area contributed by atoms with Gasteiger partial charge in [-0.3, -0.25) is 15.1 Å². The van der Waals surface area contributed by atoms with Crippen LogP contribution in [0.25, 0.3) is 61.0 Å². The molecule has 6 aromatic rings. The highest BCUT2D eigenvalue weighted by Gasteiger charge is 2.19. The van der Waals surface area contributed by atoms with Crippen molar-refractivity contribution in [3.63, 3.8) is 0 Å². The molecule has 200 valence electrons. The Labute approximate surface area is 236 Å². The lowest BCUT2D eigenvalue weighted by molar-refractivity contribution is 0.489. The lowest BCUT2D eigenvalue weighted by Gasteiger charge is -2.11. The van der Waals surface area contributed by atoms with Crippen LogP contribution in [0.5, 0.6) is 0 Å². The van der Waals surface area contributed by atoms with Gasteiger partial charge < -0.3 is 10.3 Å². The number of imidazole rings is 1. The van der Waals surface area contributed by atoms with Gasteiger partial charge in [-0.05, 0) is 79.8 Å². The number of hydrogen-bond donors (Lipinski definition) is 3. The van der Waals surface area contributed by atoms with Crippen molar-refractivity contribution in [3.05, 3.63) is 72.0 Å². The number of pyridine rings is 3. The maximum absolute atomic E-state index is 5.00. The Hall–Kier alpha value is -4.21. The molecule has 0 saturated heterocycles. The zero-order valence-corrected chi connectivity index (χ0v) is 23.2. The molecule has 1 aliphatic carbocycles. The van der Waals surface area contributed by atoms with Crippen LogP contribution in [0.2, 0.25) is 0 Å². The minimum Gasteiger partial charge on any atom is -0.336 e. The molecule has 9 heteroatoms. The van der Waals surface area contributed by atoms with Gasteiger partial charge in [0.05, 0.1) is 21.6 Å². The van der Waals surface area contributed by atoms with Gasteiger partial charge in [-0.25, -0.2) is 9.97 Å². The summed E-state index contributed by atoms with van der Waals surface area (Å²) in [5, 5.41) is 11.3. The van der Waals surface area contributed by atoms with E-state index in [0.717, 1.165) is 78.9 Å². The van der Waals surface area contributed by atoms with Gasteiger partial charge in [-0.2, -0.15) is 5.10 Å². The molecular weight excluding hydrogens is 516 g/mol. The number of allylic oxidation sites excluding steroid dienone is 1. The molecule has 0 aromatic carbocycles. The van der Waals surface area contributed by atoms with Crippen molar-refractivity contribution in [3.8, 4) is 33.3 Å². The van der Waals surface area contributed by atoms with Gasteiger partial charge in [-0.1, -0.05) is 19.4 Å². The number of H-pyrrole nitrogens is 2. The van der Waals surface area contributed by atoms with E-state index in [1.54, 1.807) is 17.5 Å². The maximum Gasteiger partial charge on any atom is 0.161 e. The van der Waals surface area contributed by atoms with Crippen molar-refractivity contribution in [1.29, 1.82) is 0 Å². The summed E-state index contributed by atoms with van der Waals surface area (Å²) in [5.41, 5.74) is 8.87. The molecule has 0 spiro atoms. The SMILES string of the molecule is C=C(C)c1ccc(-c2nccc3[nH]c(-c4n[nH]c5ccc(-c6cncc(CNCC7CCCC7)c6)nc45)nc23)s1. The van der Waals surface area contributed by atoms with E-state index in [9.17, 15) is 0 Å². The summed E-state index contributed by atoms with van der Waals surface area (Å²) in [7, 11) is 0. The Balaban J connectivity index is 1.20. The second-order valence-corrected chi connectivity index (χ2v) is 11.7. The van der Waals surface area contributed by atoms with Crippen molar-refractivity contribution >= 4 is 39.0 Å². The number of fused-ring (bicyclic) bond motifs is 2. The summed E-state index contributed by atoms with van der Waals surface area (Å²) >= 11 is 1.67. The zero-order chi connectivity index (χ0) is 27.1. The summed E-state index contributed by atoms with van der Waals surface area (Å²) in [5.74, 6) is 1.46. The van der Waals surface area contributed by atoms with Crippen LogP contribution in [0.4, 0.5) is 0 Å². The van der Waals surface area contributed by atoms with Crippen LogP contribution in [0.3, 0.4) is 0 Å². The Morgan fingerprint density at radius 3 is 2.75 bits per heavy atom. The normalized spacial score (nSPS) is 14.0. The third-order valence-corrected chi connectivity index (χ3v) is 8.87. The number of thiophene rings is 1. The Kier molecular flexibility index (Phi) is 6.45. The van der Waals surface area contributed by atoms with Crippen molar-refractivity contribution in [2.75, 3.05) is 6.54 Å². The highest BCUT2D eigenvalue weighted by atomic mass is 32.1. The van der Waals surface area contributed by atoms with E-state index in [0.29, 0.717) is 11.5 Å². The summed E-state index contributed by atoms with van der Waals surface area (Å²) in [6.45, 7) is 7.96. The third-order valence-electron chi connectivity index (χ3n) is 7.62. The molecule has 6 heterocycles. The molecule has 0 unspecified atom stereocenters.